The summed E-state index contributed by atoms with van der Waals surface area (Å²) in [6.07, 6.45) is 0.819. The van der Waals surface area contributed by atoms with Crippen molar-refractivity contribution in [1.29, 1.82) is 5.41 Å². The van der Waals surface area contributed by atoms with Gasteiger partial charge in [-0.2, -0.15) is 0 Å². The van der Waals surface area contributed by atoms with Crippen LogP contribution in [0, 0.1) is 10.6 Å². The average molecular weight is 88.1 g/mol. The van der Waals surface area contributed by atoms with Gasteiger partial charge in [0.05, 0.1) is 14.1 Å². The molecule has 0 aliphatic rings. The Balaban J connectivity index is 3.45. The first-order chi connectivity index (χ1) is 2.56. The number of nitrogens with one attached hydrogen (secondary N) is 1. The Hall–Kier alpha value is -0.410. The van der Waals surface area contributed by atoms with Gasteiger partial charge in [0.1, 0.15) is 0 Å². The van der Waals surface area contributed by atoms with E-state index in [-0.39, 0.29) is 0 Å². The summed E-state index contributed by atoms with van der Waals surface area (Å²) in [5, 5.41) is 16.6. The molecule has 6 heavy (non-hydrogen) atoms. The molecule has 0 radical (unpaired) electrons. The first-order valence-corrected chi connectivity index (χ1v) is 1.62. The lowest BCUT2D eigenvalue weighted by Gasteiger charge is -2.25. The lowest BCUT2D eigenvalue weighted by molar-refractivity contribution is -0.736. The highest BCUT2D eigenvalue weighted by atomic mass is 16.5. The van der Waals surface area contributed by atoms with Crippen LogP contribution in [0.4, 0.5) is 0 Å². The molecule has 0 unspecified atom stereocenters. The second-order valence-electron chi connectivity index (χ2n) is 1.56. The first-order valence-electron chi connectivity index (χ1n) is 1.62. The van der Waals surface area contributed by atoms with Crippen LogP contribution in [0.1, 0.15) is 0 Å². The summed E-state index contributed by atoms with van der Waals surface area (Å²) in [5.41, 5.74) is 0. The molecule has 0 saturated carbocycles. The minimum Gasteiger partial charge on any atom is -0.627 e. The maximum Gasteiger partial charge on any atom is 0.182 e. The molecule has 0 aromatic rings. The zero-order valence-electron chi connectivity index (χ0n) is 3.93. The summed E-state index contributed by atoms with van der Waals surface area (Å²) < 4.78 is -0.639. The molecule has 0 fully saturated rings. The quantitative estimate of drug-likeness (QED) is 0.211. The van der Waals surface area contributed by atoms with Gasteiger partial charge in [-0.15, -0.1) is 0 Å². The van der Waals surface area contributed by atoms with Gasteiger partial charge in [0.15, 0.2) is 6.34 Å². The molecular formula is C3H8N2O. The van der Waals surface area contributed by atoms with E-state index in [9.17, 15) is 5.21 Å². The van der Waals surface area contributed by atoms with Crippen LogP contribution in [0.5, 0.6) is 0 Å². The van der Waals surface area contributed by atoms with Gasteiger partial charge in [0.2, 0.25) is 0 Å². The molecule has 3 heteroatoms. The van der Waals surface area contributed by atoms with Gasteiger partial charge in [-0.1, -0.05) is 0 Å². The SMILES string of the molecule is C[N+](C)([O-])C=N. The van der Waals surface area contributed by atoms with E-state index in [1.54, 1.807) is 0 Å². The van der Waals surface area contributed by atoms with E-state index in [2.05, 4.69) is 0 Å². The Morgan fingerprint density at radius 2 is 1.83 bits per heavy atom. The van der Waals surface area contributed by atoms with Gasteiger partial charge >= 0.3 is 0 Å². The van der Waals surface area contributed by atoms with E-state index < -0.39 is 4.65 Å². The lowest BCUT2D eigenvalue weighted by Crippen LogP contribution is -2.29. The average Bonchev–Trinajstić information content (AvgIpc) is 1.35. The second kappa shape index (κ2) is 1.36. The zero-order chi connectivity index (χ0) is 5.21. The standard InChI is InChI=1S/C3H8N2O/c1-5(2,6)3-4/h3-4H,1-2H3. The van der Waals surface area contributed by atoms with E-state index in [1.165, 1.54) is 14.1 Å². The van der Waals surface area contributed by atoms with Crippen LogP contribution >= 0.6 is 0 Å². The van der Waals surface area contributed by atoms with Gasteiger partial charge in [-0.25, -0.2) is 0 Å². The molecule has 0 aliphatic heterocycles. The monoisotopic (exact) mass is 88.1 g/mol. The van der Waals surface area contributed by atoms with Crippen LogP contribution in [0.3, 0.4) is 0 Å². The second-order valence-corrected chi connectivity index (χ2v) is 1.56. The van der Waals surface area contributed by atoms with Crippen molar-refractivity contribution in [3.05, 3.63) is 5.21 Å². The minimum absolute atomic E-state index is 0.639. The first kappa shape index (κ1) is 5.59. The number of hydroxylamine groups is 3. The summed E-state index contributed by atoms with van der Waals surface area (Å²) in [7, 11) is 2.76. The predicted octanol–water partition coefficient (Wildman–Crippen LogP) is 0.168. The van der Waals surface area contributed by atoms with E-state index >= 15 is 0 Å². The van der Waals surface area contributed by atoms with Crippen LogP contribution in [0.15, 0.2) is 0 Å². The molecule has 1 N–H and O–H groups in total. The summed E-state index contributed by atoms with van der Waals surface area (Å²) in [6, 6.07) is 0. The largest absolute Gasteiger partial charge is 0.627 e. The Morgan fingerprint density at radius 3 is 1.83 bits per heavy atom. The molecular weight excluding hydrogens is 80.0 g/mol. The van der Waals surface area contributed by atoms with E-state index in [0.29, 0.717) is 0 Å². The normalized spacial score (nSPS) is 11.2. The summed E-state index contributed by atoms with van der Waals surface area (Å²) >= 11 is 0. The van der Waals surface area contributed by atoms with Crippen molar-refractivity contribution >= 4 is 6.34 Å². The van der Waals surface area contributed by atoms with Crippen LogP contribution < -0.4 is 0 Å². The van der Waals surface area contributed by atoms with Crippen LogP contribution in [-0.4, -0.2) is 25.1 Å². The smallest absolute Gasteiger partial charge is 0.182 e. The maximum atomic E-state index is 10.2. The Labute approximate surface area is 36.9 Å². The lowest BCUT2D eigenvalue weighted by atomic mass is 10.9. The molecule has 0 atom stereocenters. The van der Waals surface area contributed by atoms with Gasteiger partial charge < -0.3 is 9.85 Å². The number of hydrogen-bond acceptors (Lipinski definition) is 2. The van der Waals surface area contributed by atoms with Crippen LogP contribution in [0.25, 0.3) is 0 Å². The topological polar surface area (TPSA) is 46.9 Å². The number of quaternary nitrogens is 1. The molecule has 3 nitrogen and oxygen atoms in total. The van der Waals surface area contributed by atoms with Gasteiger partial charge in [0.25, 0.3) is 0 Å². The van der Waals surface area contributed by atoms with Gasteiger partial charge in [-0.05, 0) is 0 Å². The maximum absolute atomic E-state index is 10.2. The van der Waals surface area contributed by atoms with Crippen molar-refractivity contribution in [2.75, 3.05) is 14.1 Å². The third-order valence-electron chi connectivity index (χ3n) is 0.311. The van der Waals surface area contributed by atoms with Crippen molar-refractivity contribution in [2.24, 2.45) is 0 Å². The molecule has 0 aromatic heterocycles. The van der Waals surface area contributed by atoms with Crippen molar-refractivity contribution in [2.45, 2.75) is 0 Å². The minimum atomic E-state index is -0.639. The van der Waals surface area contributed by atoms with Gasteiger partial charge in [0, 0.05) is 0 Å². The molecule has 0 saturated heterocycles. The fourth-order valence-electron chi connectivity index (χ4n) is 0. The third kappa shape index (κ3) is 3.59. The molecule has 36 valence electrons. The summed E-state index contributed by atoms with van der Waals surface area (Å²) in [4.78, 5) is 0. The predicted molar refractivity (Wildman–Crippen MR) is 24.3 cm³/mol. The van der Waals surface area contributed by atoms with Crippen LogP contribution in [0.2, 0.25) is 0 Å². The summed E-state index contributed by atoms with van der Waals surface area (Å²) in [5.74, 6) is 0. The molecule has 0 rings (SSSR count). The molecule has 0 spiro atoms. The van der Waals surface area contributed by atoms with Crippen molar-refractivity contribution in [1.82, 2.24) is 0 Å². The molecule has 0 heterocycles. The van der Waals surface area contributed by atoms with E-state index in [1.807, 2.05) is 0 Å². The highest BCUT2D eigenvalue weighted by Gasteiger charge is 1.88. The Kier molecular flexibility index (Phi) is 1.27. The van der Waals surface area contributed by atoms with Crippen molar-refractivity contribution in [3.8, 4) is 0 Å². The molecule has 0 aromatic carbocycles. The Morgan fingerprint density at radius 1 is 1.67 bits per heavy atom. The molecule has 0 aliphatic carbocycles. The van der Waals surface area contributed by atoms with E-state index in [4.69, 9.17) is 5.41 Å². The Bertz CT molecular complexity index is 54.3. The third-order valence-corrected chi connectivity index (χ3v) is 0.311. The fraction of sp³-hybridized carbons (Fsp3) is 0.667. The molecule has 0 amide bonds. The number of hydrogen-bond donors (Lipinski definition) is 1. The van der Waals surface area contributed by atoms with Gasteiger partial charge in [-0.3, -0.25) is 5.41 Å². The van der Waals surface area contributed by atoms with Crippen molar-refractivity contribution < 1.29 is 4.65 Å². The zero-order valence-corrected chi connectivity index (χ0v) is 3.93. The van der Waals surface area contributed by atoms with Crippen molar-refractivity contribution in [3.63, 3.8) is 0 Å². The number of rotatable bonds is 1. The highest BCUT2D eigenvalue weighted by Crippen LogP contribution is 1.79. The molecule has 0 bridgehead atoms. The highest BCUT2D eigenvalue weighted by molar-refractivity contribution is 5.40. The fourth-order valence-corrected chi connectivity index (χ4v) is 0. The van der Waals surface area contributed by atoms with E-state index in [0.717, 1.165) is 6.34 Å². The van der Waals surface area contributed by atoms with Crippen LogP contribution in [-0.2, 0) is 0 Å². The summed E-state index contributed by atoms with van der Waals surface area (Å²) in [6.45, 7) is 0. The number of nitrogens with zero attached hydrogens (tertiary/aromatic N) is 1.